The Labute approximate surface area is 70.8 Å². The molecule has 1 unspecified atom stereocenters. The largest absolute Gasteiger partial charge is 0.321 e. The highest BCUT2D eigenvalue weighted by molar-refractivity contribution is 5.24. The lowest BCUT2D eigenvalue weighted by atomic mass is 10.3. The molecule has 2 aliphatic rings. The van der Waals surface area contributed by atoms with E-state index in [4.69, 9.17) is 11.6 Å². The van der Waals surface area contributed by atoms with Crippen molar-refractivity contribution in [2.75, 3.05) is 0 Å². The molecular formula is C8H10ClN2+. The van der Waals surface area contributed by atoms with E-state index in [1.165, 1.54) is 0 Å². The summed E-state index contributed by atoms with van der Waals surface area (Å²) in [6.45, 7) is 2.03. The number of nitrogens with one attached hydrogen (secondary N) is 1. The molecule has 2 heterocycles. The summed E-state index contributed by atoms with van der Waals surface area (Å²) in [4.78, 5) is 2.13. The van der Waals surface area contributed by atoms with E-state index < -0.39 is 0 Å². The van der Waals surface area contributed by atoms with Crippen molar-refractivity contribution in [3.63, 3.8) is 0 Å². The van der Waals surface area contributed by atoms with Crippen molar-refractivity contribution in [1.82, 2.24) is 10.2 Å². The van der Waals surface area contributed by atoms with Gasteiger partial charge in [0.2, 0.25) is 0 Å². The van der Waals surface area contributed by atoms with E-state index >= 15 is 0 Å². The van der Waals surface area contributed by atoms with Crippen LogP contribution in [0.25, 0.3) is 0 Å². The van der Waals surface area contributed by atoms with Crippen LogP contribution in [0.3, 0.4) is 0 Å². The molecule has 0 radical (unpaired) electrons. The van der Waals surface area contributed by atoms with Crippen molar-refractivity contribution in [3.05, 3.63) is 35.3 Å². The van der Waals surface area contributed by atoms with Crippen LogP contribution in [-0.4, -0.2) is 11.1 Å². The Hall–Kier alpha value is -0.890. The summed E-state index contributed by atoms with van der Waals surface area (Å²) >= 11 is 5.10. The van der Waals surface area contributed by atoms with Gasteiger partial charge in [-0.1, -0.05) is 6.08 Å². The van der Waals surface area contributed by atoms with E-state index in [1.807, 2.05) is 25.3 Å². The first-order valence-corrected chi connectivity index (χ1v) is 3.97. The number of halogens is 1. The summed E-state index contributed by atoms with van der Waals surface area (Å²) in [7, 11) is 0. The first-order chi connectivity index (χ1) is 5.29. The zero-order valence-electron chi connectivity index (χ0n) is 6.24. The van der Waals surface area contributed by atoms with Crippen molar-refractivity contribution in [1.29, 1.82) is 0 Å². The minimum atomic E-state index is 0.257. The third kappa shape index (κ3) is 0.942. The molecule has 0 bridgehead atoms. The molecule has 2 aliphatic heterocycles. The van der Waals surface area contributed by atoms with E-state index in [1.54, 1.807) is 0 Å². The van der Waals surface area contributed by atoms with Gasteiger partial charge in [-0.15, -0.1) is 0 Å². The second-order valence-electron chi connectivity index (χ2n) is 2.64. The summed E-state index contributed by atoms with van der Waals surface area (Å²) in [5.74, 6) is 0. The fourth-order valence-corrected chi connectivity index (χ4v) is 1.52. The van der Waals surface area contributed by atoms with E-state index in [2.05, 4.69) is 16.3 Å². The molecule has 0 aromatic rings. The second-order valence-corrected chi connectivity index (χ2v) is 3.05. The van der Waals surface area contributed by atoms with Gasteiger partial charge in [0.05, 0.1) is 0 Å². The Morgan fingerprint density at radius 3 is 3.09 bits per heavy atom. The zero-order valence-corrected chi connectivity index (χ0v) is 7.06. The van der Waals surface area contributed by atoms with Gasteiger partial charge < -0.3 is 10.2 Å². The molecule has 1 N–H and O–H groups in total. The lowest BCUT2D eigenvalue weighted by molar-refractivity contribution is -0.311. The Kier molecular flexibility index (Phi) is 1.43. The molecule has 0 saturated carbocycles. The molecule has 0 aliphatic carbocycles. The van der Waals surface area contributed by atoms with Crippen LogP contribution in [0.4, 0.5) is 0 Å². The molecular weight excluding hydrogens is 160 g/mol. The van der Waals surface area contributed by atoms with Crippen molar-refractivity contribution < 1.29 is 11.6 Å². The van der Waals surface area contributed by atoms with Gasteiger partial charge in [-0.2, -0.15) is 0 Å². The normalized spacial score (nSPS) is 27.5. The number of nitrogens with zero attached hydrogens (tertiary/aromatic N) is 1. The molecule has 58 valence electrons. The zero-order chi connectivity index (χ0) is 7.84. The van der Waals surface area contributed by atoms with E-state index in [0.717, 1.165) is 10.9 Å². The fraction of sp³-hybridized carbons (Fsp3) is 0.250. The standard InChI is InChI=1S/C8H10ClN2/c1-6-8(9)10-7-4-2-3-5-11(6)7/h2-5,7,9-10H,1H3/q+1. The maximum atomic E-state index is 5.10. The Morgan fingerprint density at radius 1 is 1.55 bits per heavy atom. The average Bonchev–Trinajstić information content (AvgIpc) is 2.30. The highest BCUT2D eigenvalue weighted by Gasteiger charge is 2.29. The van der Waals surface area contributed by atoms with E-state index in [-0.39, 0.29) is 6.17 Å². The Morgan fingerprint density at radius 2 is 2.36 bits per heavy atom. The first-order valence-electron chi connectivity index (χ1n) is 3.57. The van der Waals surface area contributed by atoms with Crippen LogP contribution in [0.5, 0.6) is 0 Å². The van der Waals surface area contributed by atoms with Crippen LogP contribution < -0.4 is 5.32 Å². The summed E-state index contributed by atoms with van der Waals surface area (Å²) in [5.41, 5.74) is 1.13. The number of hydrogen-bond donors (Lipinski definition) is 1. The van der Waals surface area contributed by atoms with Gasteiger partial charge in [0, 0.05) is 6.20 Å². The third-order valence-electron chi connectivity index (χ3n) is 1.95. The van der Waals surface area contributed by atoms with Gasteiger partial charge in [0.1, 0.15) is 11.9 Å². The Balaban J connectivity index is 2.32. The minimum absolute atomic E-state index is 0.257. The smallest absolute Gasteiger partial charge is 0.313 e. The van der Waals surface area contributed by atoms with Crippen LogP contribution in [0.1, 0.15) is 6.92 Å². The second kappa shape index (κ2) is 2.31. The summed E-state index contributed by atoms with van der Waals surface area (Å²) in [5, 5.41) is 4.04. The molecule has 0 aromatic heterocycles. The van der Waals surface area contributed by atoms with Crippen LogP contribution in [0.2, 0.25) is 0 Å². The van der Waals surface area contributed by atoms with Gasteiger partial charge >= 0.3 is 5.16 Å². The van der Waals surface area contributed by atoms with Crippen LogP contribution in [0.15, 0.2) is 35.3 Å². The predicted molar refractivity (Wildman–Crippen MR) is 41.1 cm³/mol. The maximum Gasteiger partial charge on any atom is 0.313 e. The van der Waals surface area contributed by atoms with Crippen molar-refractivity contribution in [3.8, 4) is 0 Å². The lowest BCUT2D eigenvalue weighted by Crippen LogP contribution is -2.32. The summed E-state index contributed by atoms with van der Waals surface area (Å²) < 4.78 is 0. The topological polar surface area (TPSA) is 15.3 Å². The van der Waals surface area contributed by atoms with Gasteiger partial charge in [-0.3, -0.25) is 0 Å². The number of rotatable bonds is 0. The molecule has 3 heteroatoms. The summed E-state index contributed by atoms with van der Waals surface area (Å²) in [6.07, 6.45) is 8.41. The number of fused-ring (bicyclic) bond motifs is 1. The van der Waals surface area contributed by atoms with Crippen molar-refractivity contribution in [2.24, 2.45) is 0 Å². The van der Waals surface area contributed by atoms with Crippen LogP contribution >= 0.6 is 0 Å². The van der Waals surface area contributed by atoms with E-state index in [9.17, 15) is 0 Å². The molecule has 2 nitrogen and oxygen atoms in total. The predicted octanol–water partition coefficient (Wildman–Crippen LogP) is 0.772. The molecule has 11 heavy (non-hydrogen) atoms. The number of allylic oxidation sites excluding steroid dienone is 3. The summed E-state index contributed by atoms with van der Waals surface area (Å²) in [6, 6.07) is 0. The highest BCUT2D eigenvalue weighted by atomic mass is 35.5. The van der Waals surface area contributed by atoms with Gasteiger partial charge in [-0.25, -0.2) is 0 Å². The average molecular weight is 170 g/mol. The highest BCUT2D eigenvalue weighted by Crippen LogP contribution is 2.21. The molecule has 0 spiro atoms. The van der Waals surface area contributed by atoms with Crippen molar-refractivity contribution in [2.45, 2.75) is 13.1 Å². The molecule has 0 aromatic carbocycles. The number of hydrogen-bond acceptors (Lipinski definition) is 2. The van der Waals surface area contributed by atoms with Gasteiger partial charge in [0.15, 0.2) is 11.6 Å². The van der Waals surface area contributed by atoms with Crippen LogP contribution in [0, 0.1) is 11.6 Å². The third-order valence-corrected chi connectivity index (χ3v) is 2.36. The first kappa shape index (κ1) is 6.80. The van der Waals surface area contributed by atoms with Gasteiger partial charge in [-0.05, 0) is 19.1 Å². The maximum absolute atomic E-state index is 5.10. The fourth-order valence-electron chi connectivity index (χ4n) is 1.29. The van der Waals surface area contributed by atoms with Gasteiger partial charge in [0.25, 0.3) is 0 Å². The molecule has 0 amide bonds. The minimum Gasteiger partial charge on any atom is -0.321 e. The lowest BCUT2D eigenvalue weighted by Gasteiger charge is -2.22. The monoisotopic (exact) mass is 169 g/mol. The molecule has 0 saturated heterocycles. The molecule has 1 atom stereocenters. The quantitative estimate of drug-likeness (QED) is 0.539. The van der Waals surface area contributed by atoms with E-state index in [0.29, 0.717) is 0 Å². The molecule has 0 fully saturated rings. The SMILES string of the molecule is CC1=C([ClH+])NC2C=CC=CN12. The Bertz CT molecular complexity index is 265. The van der Waals surface area contributed by atoms with Crippen molar-refractivity contribution >= 4 is 0 Å². The molecule has 2 rings (SSSR count). The van der Waals surface area contributed by atoms with Crippen LogP contribution in [-0.2, 0) is 0 Å².